The van der Waals surface area contributed by atoms with Gasteiger partial charge in [0.25, 0.3) is 0 Å². The molecule has 0 bridgehead atoms. The van der Waals surface area contributed by atoms with Crippen molar-refractivity contribution < 1.29 is 0 Å². The molecule has 0 rings (SSSR count). The molecule has 1 nitrogen and oxygen atoms in total. The van der Waals surface area contributed by atoms with Crippen molar-refractivity contribution in [2.24, 2.45) is 0 Å². The number of hydrogen-bond donors (Lipinski definition) is 0. The van der Waals surface area contributed by atoms with Crippen LogP contribution in [-0.4, -0.2) is 26.9 Å². The molecule has 0 spiro atoms. The lowest BCUT2D eigenvalue weighted by atomic mass is 10.0. The first-order valence-electron chi connectivity index (χ1n) is 11.2. The van der Waals surface area contributed by atoms with Crippen molar-refractivity contribution in [1.29, 1.82) is 0 Å². The van der Waals surface area contributed by atoms with E-state index in [0.29, 0.717) is 0 Å². The highest BCUT2D eigenvalue weighted by molar-refractivity contribution is 6.74. The molecule has 0 aromatic heterocycles. The Balaban J connectivity index is 3.13. The molecule has 0 radical (unpaired) electrons. The van der Waals surface area contributed by atoms with Gasteiger partial charge < -0.3 is 4.57 Å². The van der Waals surface area contributed by atoms with Crippen molar-refractivity contribution in [1.82, 2.24) is 4.57 Å². The first kappa shape index (κ1) is 24.2. The summed E-state index contributed by atoms with van der Waals surface area (Å²) in [6.45, 7) is 7.30. The van der Waals surface area contributed by atoms with Crippen LogP contribution in [0.3, 0.4) is 0 Å². The lowest BCUT2D eigenvalue weighted by Gasteiger charge is -2.30. The van der Waals surface area contributed by atoms with E-state index in [9.17, 15) is 0 Å². The summed E-state index contributed by atoms with van der Waals surface area (Å²) in [5.74, 6) is 0. The fraction of sp³-hybridized carbons (Fsp3) is 1.00. The molecule has 0 fully saturated rings. The van der Waals surface area contributed by atoms with Crippen molar-refractivity contribution in [3.63, 3.8) is 0 Å². The van der Waals surface area contributed by atoms with E-state index in [1.165, 1.54) is 109 Å². The Hall–Kier alpha value is 0.177. The van der Waals surface area contributed by atoms with Gasteiger partial charge in [0.15, 0.2) is 0 Å². The Bertz CT molecular complexity index is 250. The summed E-state index contributed by atoms with van der Waals surface area (Å²) in [4.78, 5) is 0. The van der Waals surface area contributed by atoms with Crippen LogP contribution in [0.2, 0.25) is 19.1 Å². The summed E-state index contributed by atoms with van der Waals surface area (Å²) in [6, 6.07) is 1.47. The van der Waals surface area contributed by atoms with Gasteiger partial charge in [-0.2, -0.15) is 0 Å². The van der Waals surface area contributed by atoms with Crippen molar-refractivity contribution in [2.45, 2.75) is 129 Å². The number of unbranched alkanes of at least 4 members (excludes halogenated alkanes) is 15. The summed E-state index contributed by atoms with van der Waals surface area (Å²) < 4.78 is 2.50. The maximum Gasteiger partial charge on any atom is 0.121 e. The molecular weight excluding hydrogens is 306 g/mol. The predicted octanol–water partition coefficient (Wildman–Crippen LogP) is 8.01. The monoisotopic (exact) mass is 355 g/mol. The van der Waals surface area contributed by atoms with E-state index in [1.807, 2.05) is 0 Å². The molecular formula is C22H49NSi. The largest absolute Gasteiger partial charge is 0.329 e. The minimum absolute atomic E-state index is 1.05. The summed E-state index contributed by atoms with van der Waals surface area (Å²) in [5.41, 5.74) is 0. The lowest BCUT2D eigenvalue weighted by molar-refractivity contribution is 0.530. The Morgan fingerprint density at radius 2 is 0.792 bits per heavy atom. The molecule has 0 N–H and O–H groups in total. The molecule has 146 valence electrons. The number of nitrogens with zero attached hydrogens (tertiary/aromatic N) is 1. The van der Waals surface area contributed by atoms with Crippen LogP contribution in [0.4, 0.5) is 0 Å². The van der Waals surface area contributed by atoms with Gasteiger partial charge in [-0.15, -0.1) is 0 Å². The van der Waals surface area contributed by atoms with Gasteiger partial charge in [0.05, 0.1) is 0 Å². The smallest absolute Gasteiger partial charge is 0.121 e. The van der Waals surface area contributed by atoms with Gasteiger partial charge in [0.2, 0.25) is 0 Å². The number of rotatable bonds is 18. The van der Waals surface area contributed by atoms with E-state index in [1.54, 1.807) is 0 Å². The highest BCUT2D eigenvalue weighted by atomic mass is 28.3. The van der Waals surface area contributed by atoms with Gasteiger partial charge >= 0.3 is 0 Å². The summed E-state index contributed by atoms with van der Waals surface area (Å²) in [5, 5.41) is 0. The third-order valence-corrected chi connectivity index (χ3v) is 9.85. The molecule has 0 aromatic carbocycles. The molecule has 0 saturated carbocycles. The van der Waals surface area contributed by atoms with Crippen LogP contribution in [0.25, 0.3) is 0 Å². The van der Waals surface area contributed by atoms with Crippen LogP contribution in [-0.2, 0) is 0 Å². The Kier molecular flexibility index (Phi) is 16.8. The van der Waals surface area contributed by atoms with Gasteiger partial charge in [0.1, 0.15) is 8.24 Å². The zero-order chi connectivity index (χ0) is 18.1. The zero-order valence-electron chi connectivity index (χ0n) is 18.0. The molecule has 2 heteroatoms. The molecule has 0 atom stereocenters. The standard InChI is InChI=1S/C22H49NSi/c1-6-7-8-9-10-11-12-13-14-15-16-17-18-19-20-21-22-24(4,5)23(2)3/h6-22H2,1-5H3. The normalized spacial score (nSPS) is 12.2. The van der Waals surface area contributed by atoms with Crippen LogP contribution < -0.4 is 0 Å². The maximum absolute atomic E-state index is 2.50. The topological polar surface area (TPSA) is 3.24 Å². The van der Waals surface area contributed by atoms with Crippen molar-refractivity contribution in [3.8, 4) is 0 Å². The maximum atomic E-state index is 2.50. The summed E-state index contributed by atoms with van der Waals surface area (Å²) in [7, 11) is 3.47. The molecule has 0 amide bonds. The zero-order valence-corrected chi connectivity index (χ0v) is 19.0. The van der Waals surface area contributed by atoms with E-state index in [-0.39, 0.29) is 0 Å². The van der Waals surface area contributed by atoms with E-state index in [0.717, 1.165) is 0 Å². The van der Waals surface area contributed by atoms with Gasteiger partial charge in [-0.05, 0) is 20.1 Å². The lowest BCUT2D eigenvalue weighted by Crippen LogP contribution is -2.43. The van der Waals surface area contributed by atoms with Gasteiger partial charge in [-0.3, -0.25) is 0 Å². The first-order chi connectivity index (χ1) is 11.5. The molecule has 0 unspecified atom stereocenters. The second-order valence-electron chi connectivity index (χ2n) is 8.76. The van der Waals surface area contributed by atoms with Crippen LogP contribution >= 0.6 is 0 Å². The van der Waals surface area contributed by atoms with Crippen LogP contribution in [0.1, 0.15) is 110 Å². The van der Waals surface area contributed by atoms with Gasteiger partial charge in [-0.1, -0.05) is 123 Å². The van der Waals surface area contributed by atoms with Crippen LogP contribution in [0, 0.1) is 0 Å². The molecule has 0 aliphatic carbocycles. The minimum Gasteiger partial charge on any atom is -0.329 e. The van der Waals surface area contributed by atoms with Crippen molar-refractivity contribution >= 4 is 8.24 Å². The third kappa shape index (κ3) is 15.7. The van der Waals surface area contributed by atoms with E-state index in [2.05, 4.69) is 38.7 Å². The Morgan fingerprint density at radius 1 is 0.500 bits per heavy atom. The second kappa shape index (κ2) is 16.6. The third-order valence-electron chi connectivity index (χ3n) is 5.85. The number of hydrogen-bond acceptors (Lipinski definition) is 1. The molecule has 0 saturated heterocycles. The first-order valence-corrected chi connectivity index (χ1v) is 14.3. The minimum atomic E-state index is -1.05. The predicted molar refractivity (Wildman–Crippen MR) is 116 cm³/mol. The summed E-state index contributed by atoms with van der Waals surface area (Å²) in [6.07, 6.45) is 23.5. The van der Waals surface area contributed by atoms with Crippen molar-refractivity contribution in [2.75, 3.05) is 14.1 Å². The van der Waals surface area contributed by atoms with Crippen LogP contribution in [0.15, 0.2) is 0 Å². The Morgan fingerprint density at radius 3 is 1.08 bits per heavy atom. The fourth-order valence-corrected chi connectivity index (χ4v) is 4.89. The summed E-state index contributed by atoms with van der Waals surface area (Å²) >= 11 is 0. The molecule has 0 heterocycles. The molecule has 0 aliphatic rings. The highest BCUT2D eigenvalue weighted by Crippen LogP contribution is 2.18. The fourth-order valence-electron chi connectivity index (χ4n) is 3.33. The molecule has 0 aliphatic heterocycles. The highest BCUT2D eigenvalue weighted by Gasteiger charge is 2.22. The average molecular weight is 356 g/mol. The quantitative estimate of drug-likeness (QED) is 0.178. The van der Waals surface area contributed by atoms with E-state index < -0.39 is 8.24 Å². The SMILES string of the molecule is CCCCCCCCCCCCCCCCCC[Si](C)(C)N(C)C. The van der Waals surface area contributed by atoms with Gasteiger partial charge in [-0.25, -0.2) is 0 Å². The van der Waals surface area contributed by atoms with E-state index >= 15 is 0 Å². The average Bonchev–Trinajstić information content (AvgIpc) is 2.54. The molecule has 0 aromatic rings. The second-order valence-corrected chi connectivity index (χ2v) is 13.8. The van der Waals surface area contributed by atoms with E-state index in [4.69, 9.17) is 0 Å². The molecule has 24 heavy (non-hydrogen) atoms. The Labute approximate surface area is 156 Å². The van der Waals surface area contributed by atoms with Gasteiger partial charge in [0, 0.05) is 0 Å². The van der Waals surface area contributed by atoms with Crippen molar-refractivity contribution in [3.05, 3.63) is 0 Å². The van der Waals surface area contributed by atoms with Crippen LogP contribution in [0.5, 0.6) is 0 Å².